The van der Waals surface area contributed by atoms with Crippen LogP contribution >= 0.6 is 0 Å². The third-order valence-electron chi connectivity index (χ3n) is 3.99. The first kappa shape index (κ1) is 19.8. The fraction of sp³-hybridized carbons (Fsp3) is 0.200. The van der Waals surface area contributed by atoms with Crippen molar-refractivity contribution in [1.82, 2.24) is 14.5 Å². The maximum Gasteiger partial charge on any atom is 0.266 e. The zero-order chi connectivity index (χ0) is 20.0. The van der Waals surface area contributed by atoms with E-state index in [9.17, 15) is 13.2 Å². The number of ether oxygens (including phenoxy) is 1. The fourth-order valence-electron chi connectivity index (χ4n) is 2.68. The Morgan fingerprint density at radius 1 is 1.00 bits per heavy atom. The summed E-state index contributed by atoms with van der Waals surface area (Å²) >= 11 is 0. The molecule has 0 radical (unpaired) electrons. The first-order valence-corrected chi connectivity index (χ1v) is 10.3. The zero-order valence-electron chi connectivity index (χ0n) is 15.4. The van der Waals surface area contributed by atoms with Crippen LogP contribution in [-0.2, 0) is 16.6 Å². The lowest BCUT2D eigenvalue weighted by Gasteiger charge is -2.12. The Hall–Kier alpha value is -2.97. The van der Waals surface area contributed by atoms with E-state index in [0.717, 1.165) is 5.56 Å². The Morgan fingerprint density at radius 3 is 2.46 bits per heavy atom. The van der Waals surface area contributed by atoms with E-state index in [2.05, 4.69) is 9.82 Å². The van der Waals surface area contributed by atoms with E-state index in [1.807, 2.05) is 30.3 Å². The Kier molecular flexibility index (Phi) is 6.23. The molecule has 7 nitrogen and oxygen atoms in total. The van der Waals surface area contributed by atoms with Crippen molar-refractivity contribution in [3.63, 3.8) is 0 Å². The zero-order valence-corrected chi connectivity index (χ0v) is 16.2. The van der Waals surface area contributed by atoms with Crippen LogP contribution < -0.4 is 15.0 Å². The van der Waals surface area contributed by atoms with Gasteiger partial charge in [-0.25, -0.2) is 17.8 Å². The molecule has 0 aliphatic heterocycles. The number of sulfonamides is 1. The van der Waals surface area contributed by atoms with Gasteiger partial charge in [0.1, 0.15) is 10.6 Å². The molecule has 0 fully saturated rings. The molecule has 146 valence electrons. The molecule has 0 saturated carbocycles. The lowest BCUT2D eigenvalue weighted by Crippen LogP contribution is -2.32. The molecule has 3 aromatic rings. The van der Waals surface area contributed by atoms with E-state index in [1.54, 1.807) is 31.2 Å². The second-order valence-electron chi connectivity index (χ2n) is 5.92. The minimum Gasteiger partial charge on any atom is -0.492 e. The highest BCUT2D eigenvalue weighted by molar-refractivity contribution is 7.89. The van der Waals surface area contributed by atoms with Crippen molar-refractivity contribution in [3.8, 4) is 17.0 Å². The first-order valence-electron chi connectivity index (χ1n) is 8.86. The summed E-state index contributed by atoms with van der Waals surface area (Å²) < 4.78 is 34.3. The summed E-state index contributed by atoms with van der Waals surface area (Å²) in [6.07, 6.45) is 0. The van der Waals surface area contributed by atoms with E-state index in [1.165, 1.54) is 16.8 Å². The molecule has 0 unspecified atom stereocenters. The van der Waals surface area contributed by atoms with E-state index < -0.39 is 10.0 Å². The average Bonchev–Trinajstić information content (AvgIpc) is 2.70. The van der Waals surface area contributed by atoms with Crippen molar-refractivity contribution in [2.24, 2.45) is 0 Å². The summed E-state index contributed by atoms with van der Waals surface area (Å²) in [6.45, 7) is 2.27. The highest BCUT2D eigenvalue weighted by Gasteiger charge is 2.18. The minimum absolute atomic E-state index is 0.0218. The lowest BCUT2D eigenvalue weighted by molar-refractivity contribution is 0.331. The normalized spacial score (nSPS) is 11.3. The van der Waals surface area contributed by atoms with Crippen molar-refractivity contribution < 1.29 is 13.2 Å². The van der Waals surface area contributed by atoms with Gasteiger partial charge in [0.2, 0.25) is 10.0 Å². The van der Waals surface area contributed by atoms with Crippen molar-refractivity contribution in [2.45, 2.75) is 18.4 Å². The molecule has 8 heteroatoms. The number of para-hydroxylation sites is 1. The number of benzene rings is 2. The molecule has 0 amide bonds. The van der Waals surface area contributed by atoms with Crippen LogP contribution in [0.5, 0.6) is 5.75 Å². The minimum atomic E-state index is -3.78. The van der Waals surface area contributed by atoms with E-state index >= 15 is 0 Å². The largest absolute Gasteiger partial charge is 0.492 e. The summed E-state index contributed by atoms with van der Waals surface area (Å²) in [4.78, 5) is 12.1. The molecule has 1 N–H and O–H groups in total. The second kappa shape index (κ2) is 8.81. The number of nitrogens with one attached hydrogen (secondary N) is 1. The number of hydrogen-bond donors (Lipinski definition) is 1. The van der Waals surface area contributed by atoms with Gasteiger partial charge in [0.25, 0.3) is 5.56 Å². The van der Waals surface area contributed by atoms with Gasteiger partial charge in [-0.05, 0) is 25.1 Å². The molecule has 0 saturated heterocycles. The van der Waals surface area contributed by atoms with Gasteiger partial charge < -0.3 is 4.74 Å². The summed E-state index contributed by atoms with van der Waals surface area (Å²) in [7, 11) is -3.78. The highest BCUT2D eigenvalue weighted by atomic mass is 32.2. The van der Waals surface area contributed by atoms with Gasteiger partial charge in [-0.15, -0.1) is 0 Å². The number of rotatable bonds is 8. The summed E-state index contributed by atoms with van der Waals surface area (Å²) in [6, 6.07) is 19.0. The SMILES string of the molecule is CCOc1ccccc1S(=O)(=O)NCCn1nc(-c2ccccc2)ccc1=O. The van der Waals surface area contributed by atoms with Crippen LogP contribution in [-0.4, -0.2) is 31.3 Å². The Balaban J connectivity index is 1.74. The standard InChI is InChI=1S/C20H21N3O4S/c1-2-27-18-10-6-7-11-19(18)28(25,26)21-14-15-23-20(24)13-12-17(22-23)16-8-4-3-5-9-16/h3-13,21H,2,14-15H2,1H3. The molecular formula is C20H21N3O4S. The maximum absolute atomic E-state index is 12.6. The van der Waals surface area contributed by atoms with Crippen LogP contribution in [0.3, 0.4) is 0 Å². The molecule has 0 atom stereocenters. The fourth-order valence-corrected chi connectivity index (χ4v) is 3.85. The van der Waals surface area contributed by atoms with Gasteiger partial charge in [0.15, 0.2) is 0 Å². The van der Waals surface area contributed by atoms with Crippen molar-refractivity contribution in [1.29, 1.82) is 0 Å². The smallest absolute Gasteiger partial charge is 0.266 e. The van der Waals surface area contributed by atoms with E-state index in [-0.39, 0.29) is 23.5 Å². The van der Waals surface area contributed by atoms with E-state index in [0.29, 0.717) is 18.1 Å². The van der Waals surface area contributed by atoms with Crippen LogP contribution in [0.2, 0.25) is 0 Å². The number of aromatic nitrogens is 2. The average molecular weight is 399 g/mol. The molecule has 1 heterocycles. The topological polar surface area (TPSA) is 90.3 Å². The summed E-state index contributed by atoms with van der Waals surface area (Å²) in [5.74, 6) is 0.291. The third-order valence-corrected chi connectivity index (χ3v) is 5.49. The molecule has 2 aromatic carbocycles. The van der Waals surface area contributed by atoms with Gasteiger partial charge >= 0.3 is 0 Å². The maximum atomic E-state index is 12.6. The molecular weight excluding hydrogens is 378 g/mol. The van der Waals surface area contributed by atoms with Gasteiger partial charge in [-0.3, -0.25) is 4.79 Å². The van der Waals surface area contributed by atoms with Crippen LogP contribution in [0, 0.1) is 0 Å². The van der Waals surface area contributed by atoms with Crippen LogP contribution in [0.4, 0.5) is 0 Å². The predicted octanol–water partition coefficient (Wildman–Crippen LogP) is 2.29. The summed E-state index contributed by atoms with van der Waals surface area (Å²) in [5, 5.41) is 4.33. The Labute approximate surface area is 163 Å². The third kappa shape index (κ3) is 4.65. The molecule has 0 spiro atoms. The van der Waals surface area contributed by atoms with Crippen molar-refractivity contribution >= 4 is 10.0 Å². The van der Waals surface area contributed by atoms with Gasteiger partial charge in [-0.1, -0.05) is 42.5 Å². The van der Waals surface area contributed by atoms with Crippen molar-refractivity contribution in [3.05, 3.63) is 77.1 Å². The van der Waals surface area contributed by atoms with Crippen LogP contribution in [0.25, 0.3) is 11.3 Å². The quantitative estimate of drug-likeness (QED) is 0.628. The molecule has 3 rings (SSSR count). The van der Waals surface area contributed by atoms with Gasteiger partial charge in [-0.2, -0.15) is 5.10 Å². The van der Waals surface area contributed by atoms with Gasteiger partial charge in [0, 0.05) is 18.2 Å². The van der Waals surface area contributed by atoms with Crippen LogP contribution in [0.15, 0.2) is 76.4 Å². The molecule has 28 heavy (non-hydrogen) atoms. The van der Waals surface area contributed by atoms with Gasteiger partial charge in [0.05, 0.1) is 18.8 Å². The molecule has 0 aliphatic rings. The van der Waals surface area contributed by atoms with E-state index in [4.69, 9.17) is 4.74 Å². The number of nitrogens with zero attached hydrogens (tertiary/aromatic N) is 2. The second-order valence-corrected chi connectivity index (χ2v) is 7.66. The molecule has 1 aromatic heterocycles. The molecule has 0 aliphatic carbocycles. The lowest BCUT2D eigenvalue weighted by atomic mass is 10.1. The Bertz CT molecular complexity index is 1100. The monoisotopic (exact) mass is 399 g/mol. The van der Waals surface area contributed by atoms with Crippen LogP contribution in [0.1, 0.15) is 6.92 Å². The van der Waals surface area contributed by atoms with Crippen molar-refractivity contribution in [2.75, 3.05) is 13.2 Å². The number of hydrogen-bond acceptors (Lipinski definition) is 5. The summed E-state index contributed by atoms with van der Waals surface area (Å²) in [5.41, 5.74) is 1.22. The predicted molar refractivity (Wildman–Crippen MR) is 107 cm³/mol. The Morgan fingerprint density at radius 2 is 1.71 bits per heavy atom. The molecule has 0 bridgehead atoms. The highest BCUT2D eigenvalue weighted by Crippen LogP contribution is 2.22. The first-order chi connectivity index (χ1) is 13.5.